The van der Waals surface area contributed by atoms with Crippen molar-refractivity contribution in [1.29, 1.82) is 0 Å². The number of nitrogens with two attached hydrogens (primary N) is 1. The predicted octanol–water partition coefficient (Wildman–Crippen LogP) is 0.568. The summed E-state index contributed by atoms with van der Waals surface area (Å²) in [6.45, 7) is -0.716. The molecule has 0 radical (unpaired) electrons. The molecule has 5 nitrogen and oxygen atoms in total. The molecule has 1 rings (SSSR count). The van der Waals surface area contributed by atoms with Crippen LogP contribution in [0.1, 0.15) is 10.4 Å². The lowest BCUT2D eigenvalue weighted by Gasteiger charge is -2.18. The zero-order valence-corrected chi connectivity index (χ0v) is 9.39. The predicted molar refractivity (Wildman–Crippen MR) is 63.2 cm³/mol. The van der Waals surface area contributed by atoms with Crippen LogP contribution in [0.5, 0.6) is 0 Å². The van der Waals surface area contributed by atoms with Crippen LogP contribution in [-0.2, 0) is 4.79 Å². The number of carbonyl (C=O) groups is 2. The van der Waals surface area contributed by atoms with Gasteiger partial charge in [0.15, 0.2) is 0 Å². The normalized spacial score (nSPS) is 9.56. The number of carboxylic acid groups (broad SMARTS) is 1. The molecule has 0 bridgehead atoms. The van der Waals surface area contributed by atoms with Crippen LogP contribution in [0.4, 0.5) is 10.1 Å². The highest BCUT2D eigenvalue weighted by Gasteiger charge is 2.18. The number of hydrogen-bond acceptors (Lipinski definition) is 3. The first-order valence-corrected chi connectivity index (χ1v) is 4.95. The maximum atomic E-state index is 13.2. The van der Waals surface area contributed by atoms with Crippen LogP contribution in [0.15, 0.2) is 18.2 Å². The largest absolute Gasteiger partial charge is 0.480 e. The fourth-order valence-corrected chi connectivity index (χ4v) is 1.32. The molecule has 0 saturated heterocycles. The molecule has 0 heterocycles. The Bertz CT molecular complexity index is 523. The number of halogens is 1. The van der Waals surface area contributed by atoms with Gasteiger partial charge >= 0.3 is 5.97 Å². The van der Waals surface area contributed by atoms with Crippen molar-refractivity contribution >= 4 is 17.6 Å². The summed E-state index contributed by atoms with van der Waals surface area (Å²) in [5.74, 6) is -0.424. The fourth-order valence-electron chi connectivity index (χ4n) is 1.32. The summed E-state index contributed by atoms with van der Waals surface area (Å²) in [7, 11) is 0. The molecule has 18 heavy (non-hydrogen) atoms. The summed E-state index contributed by atoms with van der Waals surface area (Å²) >= 11 is 0. The van der Waals surface area contributed by atoms with Gasteiger partial charge in [-0.15, -0.1) is 6.42 Å². The summed E-state index contributed by atoms with van der Waals surface area (Å²) in [5.41, 5.74) is 5.19. The molecule has 0 aliphatic rings. The van der Waals surface area contributed by atoms with E-state index >= 15 is 0 Å². The first-order valence-electron chi connectivity index (χ1n) is 4.95. The van der Waals surface area contributed by atoms with Crippen molar-refractivity contribution in [3.63, 3.8) is 0 Å². The highest BCUT2D eigenvalue weighted by atomic mass is 19.1. The van der Waals surface area contributed by atoms with Gasteiger partial charge in [-0.05, 0) is 18.2 Å². The van der Waals surface area contributed by atoms with Crippen molar-refractivity contribution in [2.24, 2.45) is 0 Å². The van der Waals surface area contributed by atoms with Gasteiger partial charge < -0.3 is 15.7 Å². The third kappa shape index (κ3) is 3.22. The third-order valence-electron chi connectivity index (χ3n) is 2.14. The van der Waals surface area contributed by atoms with Gasteiger partial charge in [0.25, 0.3) is 5.91 Å². The molecule has 0 saturated carbocycles. The number of carbonyl (C=O) groups excluding carboxylic acids is 1. The summed E-state index contributed by atoms with van der Waals surface area (Å²) in [4.78, 5) is 23.4. The topological polar surface area (TPSA) is 83.6 Å². The fraction of sp³-hybridized carbons (Fsp3) is 0.167. The smallest absolute Gasteiger partial charge is 0.323 e. The molecule has 0 atom stereocenters. The zero-order valence-electron chi connectivity index (χ0n) is 9.39. The molecule has 1 amide bonds. The van der Waals surface area contributed by atoms with Crippen LogP contribution in [-0.4, -0.2) is 35.0 Å². The molecule has 1 aromatic carbocycles. The average Bonchev–Trinajstić information content (AvgIpc) is 2.31. The van der Waals surface area contributed by atoms with Crippen LogP contribution in [0.3, 0.4) is 0 Å². The van der Waals surface area contributed by atoms with Gasteiger partial charge in [-0.1, -0.05) is 5.92 Å². The Morgan fingerprint density at radius 1 is 1.50 bits per heavy atom. The summed E-state index contributed by atoms with van der Waals surface area (Å²) < 4.78 is 13.2. The molecule has 0 aliphatic carbocycles. The minimum Gasteiger partial charge on any atom is -0.480 e. The lowest BCUT2D eigenvalue weighted by molar-refractivity contribution is -0.137. The van der Waals surface area contributed by atoms with Gasteiger partial charge in [-0.25, -0.2) is 4.39 Å². The number of benzene rings is 1. The summed E-state index contributed by atoms with van der Waals surface area (Å²) in [5, 5.41) is 8.65. The van der Waals surface area contributed by atoms with E-state index in [2.05, 4.69) is 5.92 Å². The number of terminal acetylenes is 1. The Morgan fingerprint density at radius 3 is 2.67 bits per heavy atom. The monoisotopic (exact) mass is 250 g/mol. The van der Waals surface area contributed by atoms with E-state index in [0.717, 1.165) is 11.0 Å². The van der Waals surface area contributed by atoms with E-state index in [4.69, 9.17) is 17.3 Å². The van der Waals surface area contributed by atoms with Gasteiger partial charge in [-0.3, -0.25) is 9.59 Å². The zero-order chi connectivity index (χ0) is 13.7. The molecule has 0 aromatic heterocycles. The highest BCUT2D eigenvalue weighted by molar-refractivity contribution is 5.96. The number of aliphatic carboxylic acids is 1. The number of rotatable bonds is 4. The van der Waals surface area contributed by atoms with Gasteiger partial charge in [-0.2, -0.15) is 0 Å². The number of nitrogens with zero attached hydrogens (tertiary/aromatic N) is 1. The number of anilines is 1. The van der Waals surface area contributed by atoms with E-state index in [1.165, 1.54) is 12.1 Å². The van der Waals surface area contributed by atoms with Crippen molar-refractivity contribution in [3.8, 4) is 12.3 Å². The van der Waals surface area contributed by atoms with E-state index in [-0.39, 0.29) is 17.8 Å². The van der Waals surface area contributed by atoms with Crippen molar-refractivity contribution in [2.45, 2.75) is 0 Å². The minimum atomic E-state index is -1.20. The number of carboxylic acids is 1. The van der Waals surface area contributed by atoms with E-state index in [1.807, 2.05) is 0 Å². The Kier molecular flexibility index (Phi) is 4.27. The van der Waals surface area contributed by atoms with Crippen LogP contribution in [0.25, 0.3) is 0 Å². The number of amides is 1. The van der Waals surface area contributed by atoms with Gasteiger partial charge in [0.1, 0.15) is 12.4 Å². The maximum Gasteiger partial charge on any atom is 0.323 e. The van der Waals surface area contributed by atoms with Crippen LogP contribution >= 0.6 is 0 Å². The van der Waals surface area contributed by atoms with E-state index < -0.39 is 24.2 Å². The van der Waals surface area contributed by atoms with Crippen LogP contribution in [0, 0.1) is 18.2 Å². The minimum absolute atomic E-state index is 0.00167. The Labute approximate surface area is 103 Å². The van der Waals surface area contributed by atoms with Crippen molar-refractivity contribution in [1.82, 2.24) is 4.90 Å². The second-order valence-electron chi connectivity index (χ2n) is 3.50. The first-order chi connectivity index (χ1) is 8.45. The molecule has 0 spiro atoms. The molecule has 0 fully saturated rings. The Morgan fingerprint density at radius 2 is 2.17 bits per heavy atom. The summed E-state index contributed by atoms with van der Waals surface area (Å²) in [6, 6.07) is 3.49. The molecular formula is C12H11FN2O3. The van der Waals surface area contributed by atoms with E-state index in [1.54, 1.807) is 0 Å². The molecule has 94 valence electrons. The summed E-state index contributed by atoms with van der Waals surface area (Å²) in [6.07, 6.45) is 5.04. The van der Waals surface area contributed by atoms with Crippen molar-refractivity contribution < 1.29 is 19.1 Å². The van der Waals surface area contributed by atoms with Crippen molar-refractivity contribution in [3.05, 3.63) is 29.6 Å². The molecular weight excluding hydrogens is 239 g/mol. The number of hydrogen-bond donors (Lipinski definition) is 2. The second-order valence-corrected chi connectivity index (χ2v) is 3.50. The Balaban J connectivity index is 2.98. The van der Waals surface area contributed by atoms with E-state index in [9.17, 15) is 14.0 Å². The van der Waals surface area contributed by atoms with Gasteiger partial charge in [0.05, 0.1) is 12.2 Å². The second kappa shape index (κ2) is 5.68. The quantitative estimate of drug-likeness (QED) is 0.604. The van der Waals surface area contributed by atoms with Crippen molar-refractivity contribution in [2.75, 3.05) is 18.8 Å². The third-order valence-corrected chi connectivity index (χ3v) is 2.14. The standard InChI is InChI=1S/C12H11FN2O3/c1-2-5-15(7-11(16)17)12(18)8-3-4-10(14)9(13)6-8/h1,3-4,6H,5,7,14H2,(H,16,17). The molecule has 0 aliphatic heterocycles. The van der Waals surface area contributed by atoms with Crippen LogP contribution < -0.4 is 5.73 Å². The molecule has 1 aromatic rings. The first kappa shape index (κ1) is 13.5. The SMILES string of the molecule is C#CCN(CC(=O)O)C(=O)c1ccc(N)c(F)c1. The average molecular weight is 250 g/mol. The lowest BCUT2D eigenvalue weighted by Crippen LogP contribution is -2.36. The van der Waals surface area contributed by atoms with Crippen LogP contribution in [0.2, 0.25) is 0 Å². The van der Waals surface area contributed by atoms with E-state index in [0.29, 0.717) is 0 Å². The Hall–Kier alpha value is -2.55. The maximum absolute atomic E-state index is 13.2. The number of nitrogen functional groups attached to an aromatic ring is 1. The molecule has 0 unspecified atom stereocenters. The lowest BCUT2D eigenvalue weighted by atomic mass is 10.1. The van der Waals surface area contributed by atoms with Gasteiger partial charge in [0.2, 0.25) is 0 Å². The molecule has 6 heteroatoms. The van der Waals surface area contributed by atoms with Gasteiger partial charge in [0, 0.05) is 5.56 Å². The molecule has 3 N–H and O–H groups in total. The highest BCUT2D eigenvalue weighted by Crippen LogP contribution is 2.13.